The molecule has 54 valence electrons. The third-order valence-corrected chi connectivity index (χ3v) is 4.50. The number of hydrogen-bond acceptors (Lipinski definition) is 1. The van der Waals surface area contributed by atoms with E-state index in [2.05, 4.69) is 45.2 Å². The maximum Gasteiger partial charge on any atom is 0.0649 e. The minimum absolute atomic E-state index is 0.629. The molecule has 0 unspecified atom stereocenters. The minimum atomic E-state index is 0.629. The summed E-state index contributed by atoms with van der Waals surface area (Å²) in [5.41, 5.74) is 6.31. The van der Waals surface area contributed by atoms with Crippen molar-refractivity contribution in [3.8, 4) is 0 Å². The van der Waals surface area contributed by atoms with Gasteiger partial charge in [-0.15, -0.1) is 0 Å². The van der Waals surface area contributed by atoms with Crippen LogP contribution in [0.15, 0.2) is 12.1 Å². The highest BCUT2D eigenvalue weighted by molar-refractivity contribution is 14.1. The van der Waals surface area contributed by atoms with Crippen LogP contribution < -0.4 is 5.73 Å². The Hall–Kier alpha value is 0.770. The van der Waals surface area contributed by atoms with Gasteiger partial charge in [0.25, 0.3) is 0 Å². The lowest BCUT2D eigenvalue weighted by Gasteiger charge is -2.01. The first-order chi connectivity index (χ1) is 4.63. The van der Waals surface area contributed by atoms with E-state index >= 15 is 0 Å². The highest BCUT2D eigenvalue weighted by Gasteiger charge is 2.03. The number of halogens is 3. The molecule has 2 N–H and O–H groups in total. The highest BCUT2D eigenvalue weighted by atomic mass is 127. The van der Waals surface area contributed by atoms with Gasteiger partial charge in [-0.05, 0) is 57.3 Å². The summed E-state index contributed by atoms with van der Waals surface area (Å²) in [5, 5.41) is 0.629. The van der Waals surface area contributed by atoms with Gasteiger partial charge >= 0.3 is 0 Å². The summed E-state index contributed by atoms with van der Waals surface area (Å²) in [6.07, 6.45) is 0. The van der Waals surface area contributed by atoms with E-state index in [0.717, 1.165) is 7.14 Å². The molecule has 0 saturated carbocycles. The first-order valence-electron chi connectivity index (χ1n) is 2.52. The second-order valence-corrected chi connectivity index (χ2v) is 4.41. The Morgan fingerprint density at radius 3 is 2.40 bits per heavy atom. The average molecular weight is 379 g/mol. The van der Waals surface area contributed by atoms with Crippen molar-refractivity contribution in [1.29, 1.82) is 0 Å². The fourth-order valence-corrected chi connectivity index (χ4v) is 1.80. The maximum absolute atomic E-state index is 5.75. The van der Waals surface area contributed by atoms with Gasteiger partial charge in [0.15, 0.2) is 0 Å². The lowest BCUT2D eigenvalue weighted by Crippen LogP contribution is -1.92. The number of benzene rings is 1. The highest BCUT2D eigenvalue weighted by Crippen LogP contribution is 2.27. The second-order valence-electron chi connectivity index (χ2n) is 1.76. The van der Waals surface area contributed by atoms with Crippen molar-refractivity contribution in [2.45, 2.75) is 0 Å². The predicted molar refractivity (Wildman–Crippen MR) is 61.3 cm³/mol. The molecule has 0 aliphatic heterocycles. The molecule has 0 amide bonds. The van der Waals surface area contributed by atoms with Crippen LogP contribution in [-0.2, 0) is 0 Å². The smallest absolute Gasteiger partial charge is 0.0649 e. The number of nitrogen functional groups attached to an aromatic ring is 1. The standard InChI is InChI=1S/C6H4ClI2N/c7-3-1-2-4(8)5(9)6(3)10/h1-2H,10H2. The van der Waals surface area contributed by atoms with E-state index in [1.165, 1.54) is 0 Å². The third-order valence-electron chi connectivity index (χ3n) is 1.08. The molecule has 0 radical (unpaired) electrons. The molecule has 0 aliphatic carbocycles. The van der Waals surface area contributed by atoms with Crippen LogP contribution in [0.2, 0.25) is 5.02 Å². The molecule has 10 heavy (non-hydrogen) atoms. The van der Waals surface area contributed by atoms with Crippen molar-refractivity contribution in [2.75, 3.05) is 5.73 Å². The van der Waals surface area contributed by atoms with Crippen LogP contribution in [-0.4, -0.2) is 0 Å². The Morgan fingerprint density at radius 2 is 1.90 bits per heavy atom. The Morgan fingerprint density at radius 1 is 1.30 bits per heavy atom. The third kappa shape index (κ3) is 1.68. The summed E-state index contributed by atoms with van der Waals surface area (Å²) >= 11 is 10.2. The molecule has 1 aromatic carbocycles. The Bertz CT molecular complexity index is 235. The molecule has 0 aromatic heterocycles. The largest absolute Gasteiger partial charge is 0.397 e. The maximum atomic E-state index is 5.75. The zero-order chi connectivity index (χ0) is 7.72. The average Bonchev–Trinajstić information content (AvgIpc) is 1.93. The normalized spacial score (nSPS) is 9.90. The quantitative estimate of drug-likeness (QED) is 0.418. The summed E-state index contributed by atoms with van der Waals surface area (Å²) in [6.45, 7) is 0. The lowest BCUT2D eigenvalue weighted by atomic mass is 10.3. The first-order valence-corrected chi connectivity index (χ1v) is 5.05. The van der Waals surface area contributed by atoms with E-state index in [1.54, 1.807) is 6.07 Å². The van der Waals surface area contributed by atoms with Crippen LogP contribution in [0.5, 0.6) is 0 Å². The molecular weight excluding hydrogens is 375 g/mol. The van der Waals surface area contributed by atoms with Gasteiger partial charge in [0.1, 0.15) is 0 Å². The van der Waals surface area contributed by atoms with Crippen molar-refractivity contribution in [1.82, 2.24) is 0 Å². The SMILES string of the molecule is Nc1c(Cl)ccc(I)c1I. The molecule has 1 aromatic rings. The Labute approximate surface area is 91.6 Å². The van der Waals surface area contributed by atoms with Crippen LogP contribution in [0, 0.1) is 7.14 Å². The number of rotatable bonds is 0. The van der Waals surface area contributed by atoms with Gasteiger partial charge in [-0.3, -0.25) is 0 Å². The first kappa shape index (κ1) is 8.86. The summed E-state index contributed by atoms with van der Waals surface area (Å²) in [7, 11) is 0. The minimum Gasteiger partial charge on any atom is -0.397 e. The van der Waals surface area contributed by atoms with E-state index in [4.69, 9.17) is 17.3 Å². The summed E-state index contributed by atoms with van der Waals surface area (Å²) in [4.78, 5) is 0. The zero-order valence-corrected chi connectivity index (χ0v) is 9.94. The van der Waals surface area contributed by atoms with Crippen LogP contribution in [0.1, 0.15) is 0 Å². The summed E-state index contributed by atoms with van der Waals surface area (Å²) < 4.78 is 2.17. The molecule has 1 nitrogen and oxygen atoms in total. The predicted octanol–water partition coefficient (Wildman–Crippen LogP) is 3.13. The van der Waals surface area contributed by atoms with Crippen LogP contribution in [0.4, 0.5) is 5.69 Å². The number of anilines is 1. The van der Waals surface area contributed by atoms with E-state index in [-0.39, 0.29) is 0 Å². The van der Waals surface area contributed by atoms with Gasteiger partial charge in [0, 0.05) is 3.57 Å². The van der Waals surface area contributed by atoms with Gasteiger partial charge in [-0.25, -0.2) is 0 Å². The van der Waals surface area contributed by atoms with E-state index in [0.29, 0.717) is 10.7 Å². The van der Waals surface area contributed by atoms with Crippen molar-refractivity contribution >= 4 is 62.5 Å². The molecule has 0 saturated heterocycles. The molecule has 0 spiro atoms. The zero-order valence-electron chi connectivity index (χ0n) is 4.87. The number of nitrogens with two attached hydrogens (primary N) is 1. The van der Waals surface area contributed by atoms with Gasteiger partial charge in [0.05, 0.1) is 14.3 Å². The van der Waals surface area contributed by atoms with Crippen molar-refractivity contribution in [3.63, 3.8) is 0 Å². The number of hydrogen-bond donors (Lipinski definition) is 1. The van der Waals surface area contributed by atoms with Crippen molar-refractivity contribution < 1.29 is 0 Å². The molecule has 0 fully saturated rings. The summed E-state index contributed by atoms with van der Waals surface area (Å²) in [6, 6.07) is 3.75. The Kier molecular flexibility index (Phi) is 3.05. The van der Waals surface area contributed by atoms with Gasteiger partial charge in [-0.2, -0.15) is 0 Å². The van der Waals surface area contributed by atoms with E-state index < -0.39 is 0 Å². The van der Waals surface area contributed by atoms with Gasteiger partial charge in [-0.1, -0.05) is 11.6 Å². The van der Waals surface area contributed by atoms with Gasteiger partial charge < -0.3 is 5.73 Å². The monoisotopic (exact) mass is 379 g/mol. The fourth-order valence-electron chi connectivity index (χ4n) is 0.543. The molecule has 1 rings (SSSR count). The van der Waals surface area contributed by atoms with Crippen LogP contribution >= 0.6 is 56.8 Å². The van der Waals surface area contributed by atoms with Crippen LogP contribution in [0.3, 0.4) is 0 Å². The van der Waals surface area contributed by atoms with E-state index in [9.17, 15) is 0 Å². The second kappa shape index (κ2) is 3.44. The van der Waals surface area contributed by atoms with Crippen LogP contribution in [0.25, 0.3) is 0 Å². The molecule has 0 bridgehead atoms. The van der Waals surface area contributed by atoms with Crippen molar-refractivity contribution in [3.05, 3.63) is 24.3 Å². The molecule has 4 heteroatoms. The van der Waals surface area contributed by atoms with E-state index in [1.807, 2.05) is 6.07 Å². The fraction of sp³-hybridized carbons (Fsp3) is 0. The molecular formula is C6H4ClI2N. The lowest BCUT2D eigenvalue weighted by molar-refractivity contribution is 1.57. The van der Waals surface area contributed by atoms with Crippen molar-refractivity contribution in [2.24, 2.45) is 0 Å². The topological polar surface area (TPSA) is 26.0 Å². The summed E-state index contributed by atoms with van der Waals surface area (Å²) in [5.74, 6) is 0. The Balaban J connectivity index is 3.34. The van der Waals surface area contributed by atoms with Gasteiger partial charge in [0.2, 0.25) is 0 Å². The molecule has 0 heterocycles. The molecule has 0 aliphatic rings. The molecule has 0 atom stereocenters.